The highest BCUT2D eigenvalue weighted by atomic mass is 28.3. The third-order valence-electron chi connectivity index (χ3n) is 8.30. The van der Waals surface area contributed by atoms with Gasteiger partial charge in [-0.3, -0.25) is 14.3 Å². The van der Waals surface area contributed by atoms with Gasteiger partial charge in [0.2, 0.25) is 11.9 Å². The Morgan fingerprint density at radius 2 is 1.88 bits per heavy atom. The molecule has 1 saturated carbocycles. The molecule has 3 aromatic rings. The zero-order valence-corrected chi connectivity index (χ0v) is 27.5. The molecule has 1 atom stereocenters. The average Bonchev–Trinajstić information content (AvgIpc) is 3.51. The molecular weight excluding hydrogens is 565 g/mol. The summed E-state index contributed by atoms with van der Waals surface area (Å²) in [5, 5.41) is 14.4. The lowest BCUT2D eigenvalue weighted by Gasteiger charge is -2.32. The number of nitrogens with zero attached hydrogens (tertiary/aromatic N) is 5. The lowest BCUT2D eigenvalue weighted by Crippen LogP contribution is -2.49. The topological polar surface area (TPSA) is 116 Å². The van der Waals surface area contributed by atoms with Crippen molar-refractivity contribution < 1.29 is 18.7 Å². The summed E-state index contributed by atoms with van der Waals surface area (Å²) in [6.45, 7) is 13.9. The summed E-state index contributed by atoms with van der Waals surface area (Å²) in [7, 11) is 0.468. The fraction of sp³-hybridized carbons (Fsp3) is 0.581. The first-order valence-corrected chi connectivity index (χ1v) is 19.0. The van der Waals surface area contributed by atoms with Crippen LogP contribution in [-0.4, -0.2) is 57.1 Å². The first kappa shape index (κ1) is 32.5. The Morgan fingerprint density at radius 3 is 2.49 bits per heavy atom. The lowest BCUT2D eigenvalue weighted by atomic mass is 9.79. The number of aryl methyl sites for hydroxylation is 2. The molecule has 0 radical (unpaired) electrons. The Bertz CT molecular complexity index is 1420. The standard InChI is InChI=1S/C31H46FN7O3Si/c1-8-24-27(21(3)37-39(24)19-42-17-18-43(5,6)7)23-13-14-26(34-29(23)32)35-31(41)28(22-11-9-20(2)10-12-22)36-30(40)25-15-16-33-38(25)4/h13-16,20,22,28H,8-12,17-19H2,1-7H3,(H,36,40)(H,34,35,41)/t20-,22-,28-/m0/s1. The number of rotatable bonds is 12. The smallest absolute Gasteiger partial charge is 0.270 e. The molecule has 0 bridgehead atoms. The average molecular weight is 612 g/mol. The third kappa shape index (κ3) is 8.17. The highest BCUT2D eigenvalue weighted by Crippen LogP contribution is 2.32. The molecule has 1 aliphatic carbocycles. The highest BCUT2D eigenvalue weighted by Gasteiger charge is 2.33. The van der Waals surface area contributed by atoms with Gasteiger partial charge in [0.1, 0.15) is 24.3 Å². The van der Waals surface area contributed by atoms with Crippen molar-refractivity contribution in [2.75, 3.05) is 11.9 Å². The van der Waals surface area contributed by atoms with Gasteiger partial charge in [-0.2, -0.15) is 14.6 Å². The van der Waals surface area contributed by atoms with Gasteiger partial charge < -0.3 is 15.4 Å². The Labute approximate surface area is 254 Å². The predicted molar refractivity (Wildman–Crippen MR) is 168 cm³/mol. The number of ether oxygens (including phenoxy) is 1. The van der Waals surface area contributed by atoms with Gasteiger partial charge in [-0.25, -0.2) is 9.67 Å². The van der Waals surface area contributed by atoms with Crippen LogP contribution in [0, 0.1) is 24.7 Å². The molecule has 0 spiro atoms. The number of hydrogen-bond acceptors (Lipinski definition) is 6. The summed E-state index contributed by atoms with van der Waals surface area (Å²) in [6.07, 6.45) is 5.77. The summed E-state index contributed by atoms with van der Waals surface area (Å²) in [5.74, 6) is -0.856. The van der Waals surface area contributed by atoms with Gasteiger partial charge in [0, 0.05) is 44.7 Å². The van der Waals surface area contributed by atoms with E-state index in [1.165, 1.54) is 10.9 Å². The molecule has 2 N–H and O–H groups in total. The second-order valence-electron chi connectivity index (χ2n) is 12.9. The zero-order chi connectivity index (χ0) is 31.3. The fourth-order valence-corrected chi connectivity index (χ4v) is 6.45. The number of nitrogens with one attached hydrogen (secondary N) is 2. The van der Waals surface area contributed by atoms with Gasteiger partial charge in [-0.05, 0) is 62.3 Å². The van der Waals surface area contributed by atoms with Gasteiger partial charge in [0.25, 0.3) is 5.91 Å². The molecule has 3 heterocycles. The molecule has 0 aromatic carbocycles. The van der Waals surface area contributed by atoms with Crippen molar-refractivity contribution in [1.29, 1.82) is 0 Å². The number of aromatic nitrogens is 5. The number of anilines is 1. The van der Waals surface area contributed by atoms with Crippen LogP contribution < -0.4 is 10.6 Å². The van der Waals surface area contributed by atoms with Crippen LogP contribution in [0.2, 0.25) is 25.7 Å². The van der Waals surface area contributed by atoms with Crippen LogP contribution >= 0.6 is 0 Å². The largest absolute Gasteiger partial charge is 0.360 e. The van der Waals surface area contributed by atoms with E-state index < -0.39 is 26.0 Å². The summed E-state index contributed by atoms with van der Waals surface area (Å²) >= 11 is 0. The molecule has 1 fully saturated rings. The minimum absolute atomic E-state index is 0.0361. The van der Waals surface area contributed by atoms with Crippen molar-refractivity contribution in [3.63, 3.8) is 0 Å². The normalized spacial score (nSPS) is 18.0. The molecule has 4 rings (SSSR count). The summed E-state index contributed by atoms with van der Waals surface area (Å²) in [4.78, 5) is 30.7. The van der Waals surface area contributed by atoms with Gasteiger partial charge in [-0.15, -0.1) is 0 Å². The Hall–Kier alpha value is -3.38. The quantitative estimate of drug-likeness (QED) is 0.157. The van der Waals surface area contributed by atoms with E-state index in [2.05, 4.69) is 52.4 Å². The fourth-order valence-electron chi connectivity index (χ4n) is 5.70. The molecule has 0 saturated heterocycles. The second kappa shape index (κ2) is 13.9. The molecule has 3 aromatic heterocycles. The number of halogens is 1. The van der Waals surface area contributed by atoms with Gasteiger partial charge >= 0.3 is 0 Å². The Kier molecular flexibility index (Phi) is 10.5. The van der Waals surface area contributed by atoms with E-state index in [0.29, 0.717) is 48.2 Å². The van der Waals surface area contributed by atoms with Crippen LogP contribution in [0.5, 0.6) is 0 Å². The monoisotopic (exact) mass is 611 g/mol. The molecule has 43 heavy (non-hydrogen) atoms. The van der Waals surface area contributed by atoms with Crippen molar-refractivity contribution >= 4 is 25.7 Å². The Balaban J connectivity index is 1.51. The zero-order valence-electron chi connectivity index (χ0n) is 26.5. The molecule has 1 aliphatic rings. The van der Waals surface area contributed by atoms with Crippen LogP contribution in [-0.2, 0) is 29.7 Å². The number of carbonyl (C=O) groups is 2. The van der Waals surface area contributed by atoms with Crippen LogP contribution in [0.3, 0.4) is 0 Å². The molecule has 0 unspecified atom stereocenters. The van der Waals surface area contributed by atoms with E-state index >= 15 is 4.39 Å². The number of amides is 2. The van der Waals surface area contributed by atoms with Crippen LogP contribution in [0.15, 0.2) is 24.4 Å². The van der Waals surface area contributed by atoms with E-state index in [4.69, 9.17) is 4.74 Å². The van der Waals surface area contributed by atoms with Crippen LogP contribution in [0.1, 0.15) is 61.4 Å². The predicted octanol–water partition coefficient (Wildman–Crippen LogP) is 5.56. The summed E-state index contributed by atoms with van der Waals surface area (Å²) in [6, 6.07) is 5.11. The summed E-state index contributed by atoms with van der Waals surface area (Å²) in [5.41, 5.74) is 2.93. The van der Waals surface area contributed by atoms with E-state index in [1.807, 2.05) is 13.8 Å². The molecule has 2 amide bonds. The van der Waals surface area contributed by atoms with E-state index in [-0.39, 0.29) is 17.6 Å². The third-order valence-corrected chi connectivity index (χ3v) is 10.0. The highest BCUT2D eigenvalue weighted by molar-refractivity contribution is 6.76. The van der Waals surface area contributed by atoms with Crippen molar-refractivity contribution in [3.8, 4) is 11.1 Å². The molecule has 0 aliphatic heterocycles. The Morgan fingerprint density at radius 1 is 1.16 bits per heavy atom. The maximum Gasteiger partial charge on any atom is 0.270 e. The van der Waals surface area contributed by atoms with E-state index in [0.717, 1.165) is 37.4 Å². The minimum Gasteiger partial charge on any atom is -0.360 e. The second-order valence-corrected chi connectivity index (χ2v) is 18.6. The van der Waals surface area contributed by atoms with Crippen molar-refractivity contribution in [3.05, 3.63) is 47.4 Å². The maximum atomic E-state index is 15.6. The number of pyridine rings is 1. The maximum absolute atomic E-state index is 15.6. The molecule has 12 heteroatoms. The number of carbonyl (C=O) groups excluding carboxylic acids is 2. The van der Waals surface area contributed by atoms with Crippen molar-refractivity contribution in [2.24, 2.45) is 18.9 Å². The van der Waals surface area contributed by atoms with E-state index in [1.54, 1.807) is 29.9 Å². The SMILES string of the molecule is CCc1c(-c2ccc(NC(=O)[C@@H](NC(=O)c3ccnn3C)[C@H]3CC[C@H](C)CC3)nc2F)c(C)nn1COCC[Si](C)(C)C. The van der Waals surface area contributed by atoms with Gasteiger partial charge in [0.15, 0.2) is 0 Å². The summed E-state index contributed by atoms with van der Waals surface area (Å²) < 4.78 is 24.7. The van der Waals surface area contributed by atoms with Crippen LogP contribution in [0.25, 0.3) is 11.1 Å². The molecule has 234 valence electrons. The molecule has 10 nitrogen and oxygen atoms in total. The lowest BCUT2D eigenvalue weighted by molar-refractivity contribution is -0.119. The van der Waals surface area contributed by atoms with Crippen LogP contribution in [0.4, 0.5) is 10.2 Å². The van der Waals surface area contributed by atoms with Gasteiger partial charge in [-0.1, -0.05) is 46.3 Å². The molecular formula is C31H46FN7O3Si. The van der Waals surface area contributed by atoms with E-state index in [9.17, 15) is 9.59 Å². The first-order valence-electron chi connectivity index (χ1n) is 15.3. The van der Waals surface area contributed by atoms with Crippen molar-refractivity contribution in [1.82, 2.24) is 29.9 Å². The first-order chi connectivity index (χ1) is 20.4. The number of hydrogen-bond donors (Lipinski definition) is 2. The minimum atomic E-state index is -1.21. The van der Waals surface area contributed by atoms with Gasteiger partial charge in [0.05, 0.1) is 5.69 Å². The van der Waals surface area contributed by atoms with Crippen molar-refractivity contribution in [2.45, 2.75) is 91.3 Å².